The van der Waals surface area contributed by atoms with E-state index >= 15 is 0 Å². The van der Waals surface area contributed by atoms with Crippen molar-refractivity contribution in [1.82, 2.24) is 19.9 Å². The van der Waals surface area contributed by atoms with E-state index in [-0.39, 0.29) is 23.1 Å². The zero-order valence-electron chi connectivity index (χ0n) is 15.5. The van der Waals surface area contributed by atoms with Crippen LogP contribution in [-0.4, -0.2) is 20.4 Å². The van der Waals surface area contributed by atoms with Gasteiger partial charge in [0.05, 0.1) is 5.52 Å². The fourth-order valence-corrected chi connectivity index (χ4v) is 3.29. The Kier molecular flexibility index (Phi) is 5.24. The summed E-state index contributed by atoms with van der Waals surface area (Å²) in [7, 11) is 0. The van der Waals surface area contributed by atoms with E-state index in [1.54, 1.807) is 42.5 Å². The van der Waals surface area contributed by atoms with Gasteiger partial charge >= 0.3 is 5.69 Å². The highest BCUT2D eigenvalue weighted by Crippen LogP contribution is 2.27. The lowest BCUT2D eigenvalue weighted by atomic mass is 10.1. The molecule has 0 spiro atoms. The smallest absolute Gasteiger partial charge is 0.329 e. The molecule has 9 heteroatoms. The Bertz CT molecular complexity index is 1360. The number of nitrogens with one attached hydrogen (secondary N) is 3. The average Bonchev–Trinajstić information content (AvgIpc) is 3.14. The Labute approximate surface area is 174 Å². The summed E-state index contributed by atoms with van der Waals surface area (Å²) in [5, 5.41) is 3.23. The van der Waals surface area contributed by atoms with E-state index in [1.807, 2.05) is 0 Å². The summed E-state index contributed by atoms with van der Waals surface area (Å²) in [5.74, 6) is -0.984. The van der Waals surface area contributed by atoms with Gasteiger partial charge in [0.2, 0.25) is 5.91 Å². The van der Waals surface area contributed by atoms with Crippen LogP contribution in [0.2, 0.25) is 5.02 Å². The lowest BCUT2D eigenvalue weighted by Crippen LogP contribution is -2.40. The topological polar surface area (TPSA) is 99.8 Å². The molecule has 2 aromatic heterocycles. The Balaban J connectivity index is 1.60. The molecule has 0 radical (unpaired) electrons. The van der Waals surface area contributed by atoms with Crippen LogP contribution in [0.1, 0.15) is 5.56 Å². The van der Waals surface area contributed by atoms with Crippen LogP contribution in [0.3, 0.4) is 0 Å². The molecule has 3 N–H and O–H groups in total. The van der Waals surface area contributed by atoms with Crippen molar-refractivity contribution in [3.8, 4) is 11.1 Å². The molecule has 0 unspecified atom stereocenters. The first-order chi connectivity index (χ1) is 14.4. The molecule has 4 rings (SSSR count). The molecular formula is C21H16ClFN4O3. The molecule has 0 aliphatic heterocycles. The number of carbonyl (C=O) groups is 1. The van der Waals surface area contributed by atoms with Crippen LogP contribution in [0.4, 0.5) is 4.39 Å². The minimum absolute atomic E-state index is 0.0818. The number of fused-ring (bicyclic) bond motifs is 1. The molecule has 0 saturated carbocycles. The summed E-state index contributed by atoms with van der Waals surface area (Å²) >= 11 is 5.83. The number of rotatable bonds is 5. The Morgan fingerprint density at radius 3 is 2.50 bits per heavy atom. The number of halogens is 2. The molecule has 0 fully saturated rings. The molecule has 30 heavy (non-hydrogen) atoms. The van der Waals surface area contributed by atoms with Gasteiger partial charge < -0.3 is 15.3 Å². The highest BCUT2D eigenvalue weighted by atomic mass is 35.5. The normalized spacial score (nSPS) is 11.0. The van der Waals surface area contributed by atoms with E-state index in [2.05, 4.69) is 15.3 Å². The molecule has 2 heterocycles. The van der Waals surface area contributed by atoms with Gasteiger partial charge in [0.1, 0.15) is 17.9 Å². The van der Waals surface area contributed by atoms with Gasteiger partial charge in [-0.25, -0.2) is 13.8 Å². The predicted octanol–water partition coefficient (Wildman–Crippen LogP) is 2.79. The highest BCUT2D eigenvalue weighted by Gasteiger charge is 2.17. The minimum atomic E-state index is -0.758. The summed E-state index contributed by atoms with van der Waals surface area (Å²) in [6, 6.07) is 13.0. The summed E-state index contributed by atoms with van der Waals surface area (Å²) in [6.45, 7) is -0.226. The van der Waals surface area contributed by atoms with Crippen molar-refractivity contribution < 1.29 is 9.18 Å². The third-order valence-corrected chi connectivity index (χ3v) is 4.94. The zero-order valence-corrected chi connectivity index (χ0v) is 16.3. The first-order valence-corrected chi connectivity index (χ1v) is 9.42. The molecule has 0 aliphatic carbocycles. The minimum Gasteiger partial charge on any atom is -0.355 e. The van der Waals surface area contributed by atoms with Crippen LogP contribution in [0, 0.1) is 5.82 Å². The maximum Gasteiger partial charge on any atom is 0.329 e. The molecule has 1 amide bonds. The van der Waals surface area contributed by atoms with Crippen molar-refractivity contribution in [3.05, 3.63) is 92.0 Å². The van der Waals surface area contributed by atoms with Crippen molar-refractivity contribution in [3.63, 3.8) is 0 Å². The van der Waals surface area contributed by atoms with Gasteiger partial charge in [0.15, 0.2) is 0 Å². The second kappa shape index (κ2) is 8.00. The van der Waals surface area contributed by atoms with E-state index < -0.39 is 29.5 Å². The molecule has 0 aliphatic rings. The SMILES string of the molecule is O=C(Cn1c(=O)[nH]c2c(-c3ccccc3F)c[nH]c2c1=O)NCc1ccc(Cl)cc1. The average molecular weight is 427 g/mol. The summed E-state index contributed by atoms with van der Waals surface area (Å²) in [6.07, 6.45) is 1.45. The van der Waals surface area contributed by atoms with Crippen LogP contribution in [-0.2, 0) is 17.9 Å². The summed E-state index contributed by atoms with van der Waals surface area (Å²) in [4.78, 5) is 42.8. The van der Waals surface area contributed by atoms with Crippen LogP contribution < -0.4 is 16.6 Å². The summed E-state index contributed by atoms with van der Waals surface area (Å²) in [5.41, 5.74) is 0.271. The van der Waals surface area contributed by atoms with E-state index in [1.165, 1.54) is 12.3 Å². The number of aromatic nitrogens is 3. The van der Waals surface area contributed by atoms with E-state index in [4.69, 9.17) is 11.6 Å². The van der Waals surface area contributed by atoms with E-state index in [0.717, 1.165) is 10.1 Å². The Morgan fingerprint density at radius 2 is 1.77 bits per heavy atom. The fourth-order valence-electron chi connectivity index (χ4n) is 3.16. The van der Waals surface area contributed by atoms with Crippen LogP contribution in [0.5, 0.6) is 0 Å². The number of benzene rings is 2. The molecule has 7 nitrogen and oxygen atoms in total. The van der Waals surface area contributed by atoms with Gasteiger partial charge in [-0.15, -0.1) is 0 Å². The molecule has 2 aromatic carbocycles. The van der Waals surface area contributed by atoms with Crippen molar-refractivity contribution in [2.75, 3.05) is 0 Å². The predicted molar refractivity (Wildman–Crippen MR) is 112 cm³/mol. The number of hydrogen-bond acceptors (Lipinski definition) is 3. The number of carbonyl (C=O) groups excluding carboxylic acids is 1. The van der Waals surface area contributed by atoms with Gasteiger partial charge in [-0.3, -0.25) is 9.59 Å². The zero-order chi connectivity index (χ0) is 21.3. The molecule has 152 valence electrons. The summed E-state index contributed by atoms with van der Waals surface area (Å²) < 4.78 is 14.9. The third kappa shape index (κ3) is 3.77. The lowest BCUT2D eigenvalue weighted by Gasteiger charge is -2.08. The van der Waals surface area contributed by atoms with Gasteiger partial charge in [0, 0.05) is 28.9 Å². The number of aromatic amines is 2. The first-order valence-electron chi connectivity index (χ1n) is 9.04. The number of amides is 1. The van der Waals surface area contributed by atoms with Gasteiger partial charge in [-0.2, -0.15) is 0 Å². The van der Waals surface area contributed by atoms with Gasteiger partial charge in [0.25, 0.3) is 5.56 Å². The van der Waals surface area contributed by atoms with Crippen molar-refractivity contribution in [2.45, 2.75) is 13.1 Å². The van der Waals surface area contributed by atoms with Crippen LogP contribution in [0.25, 0.3) is 22.2 Å². The second-order valence-corrected chi connectivity index (χ2v) is 7.09. The van der Waals surface area contributed by atoms with E-state index in [9.17, 15) is 18.8 Å². The molecule has 0 bridgehead atoms. The maximum absolute atomic E-state index is 14.1. The van der Waals surface area contributed by atoms with Crippen LogP contribution in [0.15, 0.2) is 64.3 Å². The quantitative estimate of drug-likeness (QED) is 0.457. The Hall–Kier alpha value is -3.65. The maximum atomic E-state index is 14.1. The van der Waals surface area contributed by atoms with Gasteiger partial charge in [-0.1, -0.05) is 41.9 Å². The number of hydrogen-bond donors (Lipinski definition) is 3. The lowest BCUT2D eigenvalue weighted by molar-refractivity contribution is -0.121. The van der Waals surface area contributed by atoms with Crippen molar-refractivity contribution >= 4 is 28.5 Å². The van der Waals surface area contributed by atoms with Crippen molar-refractivity contribution in [2.24, 2.45) is 0 Å². The first kappa shape index (κ1) is 19.7. The largest absolute Gasteiger partial charge is 0.355 e. The van der Waals surface area contributed by atoms with Gasteiger partial charge in [-0.05, 0) is 23.8 Å². The molecule has 0 saturated heterocycles. The molecule has 0 atom stereocenters. The monoisotopic (exact) mass is 426 g/mol. The number of H-pyrrole nitrogens is 2. The third-order valence-electron chi connectivity index (χ3n) is 4.68. The number of nitrogens with zero attached hydrogens (tertiary/aromatic N) is 1. The molecular weight excluding hydrogens is 411 g/mol. The second-order valence-electron chi connectivity index (χ2n) is 6.66. The standard InChI is InChI=1S/C21H16ClFN4O3/c22-13-7-5-12(6-8-13)9-24-17(28)11-27-20(29)19-18(26-21(27)30)15(10-25-19)14-3-1-2-4-16(14)23/h1-8,10,25H,9,11H2,(H,24,28)(H,26,30). The van der Waals surface area contributed by atoms with E-state index in [0.29, 0.717) is 10.6 Å². The Morgan fingerprint density at radius 1 is 1.03 bits per heavy atom. The van der Waals surface area contributed by atoms with Crippen molar-refractivity contribution in [1.29, 1.82) is 0 Å². The van der Waals surface area contributed by atoms with Crippen LogP contribution >= 0.6 is 11.6 Å². The highest BCUT2D eigenvalue weighted by molar-refractivity contribution is 6.30. The fraction of sp³-hybridized carbons (Fsp3) is 0.0952. The molecule has 4 aromatic rings.